The van der Waals surface area contributed by atoms with E-state index in [2.05, 4.69) is 14.6 Å². The number of halogens is 1. The van der Waals surface area contributed by atoms with Gasteiger partial charge in [0, 0.05) is 37.9 Å². The fourth-order valence-electron chi connectivity index (χ4n) is 3.72. The number of rotatable bonds is 5. The predicted molar refractivity (Wildman–Crippen MR) is 131 cm³/mol. The van der Waals surface area contributed by atoms with E-state index >= 15 is 0 Å². The average molecular weight is 485 g/mol. The molecular formula is C24H25ClN4O3S. The first kappa shape index (κ1) is 23.1. The van der Waals surface area contributed by atoms with Gasteiger partial charge in [-0.25, -0.2) is 13.4 Å². The number of amides is 1. The molecule has 2 aromatic carbocycles. The van der Waals surface area contributed by atoms with E-state index in [1.165, 1.54) is 12.1 Å². The SMILES string of the molecule is Cc1cccc(NS(=O)(=O)c2ccc(C(=O)N3CCN(c4ccc(Cl)cn4)CC3)cc2)c1C. The zero-order valence-corrected chi connectivity index (χ0v) is 20.0. The summed E-state index contributed by atoms with van der Waals surface area (Å²) in [5, 5.41) is 0.585. The highest BCUT2D eigenvalue weighted by Gasteiger charge is 2.24. The number of anilines is 2. The molecule has 7 nitrogen and oxygen atoms in total. The highest BCUT2D eigenvalue weighted by atomic mass is 35.5. The van der Waals surface area contributed by atoms with E-state index in [1.54, 1.807) is 35.4 Å². The number of piperazine rings is 1. The van der Waals surface area contributed by atoms with Gasteiger partial charge in [0.2, 0.25) is 0 Å². The third-order valence-corrected chi connectivity index (χ3v) is 7.47. The number of hydrogen-bond donors (Lipinski definition) is 1. The molecule has 172 valence electrons. The number of benzene rings is 2. The standard InChI is InChI=1S/C24H25ClN4O3S/c1-17-4-3-5-22(18(17)2)27-33(31,32)21-9-6-19(7-10-21)24(30)29-14-12-28(13-15-29)23-11-8-20(25)16-26-23/h3-11,16,27H,12-15H2,1-2H3. The van der Waals surface area contributed by atoms with Crippen LogP contribution >= 0.6 is 11.6 Å². The Hall–Kier alpha value is -3.10. The minimum absolute atomic E-state index is 0.110. The molecule has 0 aliphatic carbocycles. The number of carbonyl (C=O) groups is 1. The normalized spacial score (nSPS) is 14.3. The smallest absolute Gasteiger partial charge is 0.261 e. The molecule has 0 atom stereocenters. The molecule has 0 radical (unpaired) electrons. The van der Waals surface area contributed by atoms with Crippen molar-refractivity contribution in [1.29, 1.82) is 0 Å². The van der Waals surface area contributed by atoms with Crippen LogP contribution in [0.5, 0.6) is 0 Å². The number of aryl methyl sites for hydroxylation is 1. The molecule has 1 aromatic heterocycles. The molecule has 33 heavy (non-hydrogen) atoms. The zero-order chi connectivity index (χ0) is 23.6. The molecule has 1 aliphatic heterocycles. The average Bonchev–Trinajstić information content (AvgIpc) is 2.82. The molecule has 1 amide bonds. The van der Waals surface area contributed by atoms with E-state index in [-0.39, 0.29) is 10.8 Å². The molecule has 4 rings (SSSR count). The zero-order valence-electron chi connectivity index (χ0n) is 18.5. The maximum Gasteiger partial charge on any atom is 0.261 e. The number of nitrogens with zero attached hydrogens (tertiary/aromatic N) is 3. The third-order valence-electron chi connectivity index (χ3n) is 5.86. The van der Waals surface area contributed by atoms with Gasteiger partial charge in [0.1, 0.15) is 5.82 Å². The number of carbonyl (C=O) groups excluding carboxylic acids is 1. The van der Waals surface area contributed by atoms with Gasteiger partial charge in [-0.05, 0) is 67.4 Å². The highest BCUT2D eigenvalue weighted by Crippen LogP contribution is 2.23. The van der Waals surface area contributed by atoms with Crippen molar-refractivity contribution in [1.82, 2.24) is 9.88 Å². The van der Waals surface area contributed by atoms with Gasteiger partial charge in [0.25, 0.3) is 15.9 Å². The highest BCUT2D eigenvalue weighted by molar-refractivity contribution is 7.92. The molecule has 0 unspecified atom stereocenters. The molecule has 3 aromatic rings. The van der Waals surface area contributed by atoms with E-state index < -0.39 is 10.0 Å². The van der Waals surface area contributed by atoms with Gasteiger partial charge >= 0.3 is 0 Å². The van der Waals surface area contributed by atoms with Crippen LogP contribution in [0.4, 0.5) is 11.5 Å². The summed E-state index contributed by atoms with van der Waals surface area (Å²) in [6.45, 7) is 6.23. The van der Waals surface area contributed by atoms with Crippen LogP contribution in [-0.4, -0.2) is 50.4 Å². The van der Waals surface area contributed by atoms with Gasteiger partial charge in [-0.1, -0.05) is 23.7 Å². The number of aromatic nitrogens is 1. The lowest BCUT2D eigenvalue weighted by molar-refractivity contribution is 0.0746. The number of sulfonamides is 1. The molecule has 1 fully saturated rings. The summed E-state index contributed by atoms with van der Waals surface area (Å²) >= 11 is 5.90. The topological polar surface area (TPSA) is 82.6 Å². The Labute approximate surface area is 199 Å². The molecule has 1 N–H and O–H groups in total. The Bertz CT molecular complexity index is 1250. The second kappa shape index (κ2) is 9.41. The summed E-state index contributed by atoms with van der Waals surface area (Å²) in [7, 11) is -3.76. The first-order valence-electron chi connectivity index (χ1n) is 10.6. The molecule has 1 aliphatic rings. The van der Waals surface area contributed by atoms with Crippen LogP contribution < -0.4 is 9.62 Å². The van der Waals surface area contributed by atoms with Crippen molar-refractivity contribution in [3.05, 3.63) is 82.5 Å². The van der Waals surface area contributed by atoms with E-state index in [9.17, 15) is 13.2 Å². The van der Waals surface area contributed by atoms with Gasteiger partial charge in [0.05, 0.1) is 15.6 Å². The minimum atomic E-state index is -3.76. The van der Waals surface area contributed by atoms with Gasteiger partial charge in [-0.15, -0.1) is 0 Å². The molecular weight excluding hydrogens is 460 g/mol. The molecule has 2 heterocycles. The lowest BCUT2D eigenvalue weighted by atomic mass is 10.1. The molecule has 9 heteroatoms. The van der Waals surface area contributed by atoms with Crippen molar-refractivity contribution in [2.24, 2.45) is 0 Å². The van der Waals surface area contributed by atoms with Crippen molar-refractivity contribution in [3.63, 3.8) is 0 Å². The first-order chi connectivity index (χ1) is 15.7. The van der Waals surface area contributed by atoms with Crippen LogP contribution in [0.25, 0.3) is 0 Å². The maximum atomic E-state index is 12.9. The second-order valence-electron chi connectivity index (χ2n) is 7.99. The van der Waals surface area contributed by atoms with Gasteiger partial charge in [-0.3, -0.25) is 9.52 Å². The van der Waals surface area contributed by atoms with E-state index in [0.717, 1.165) is 16.9 Å². The van der Waals surface area contributed by atoms with Crippen molar-refractivity contribution in [2.45, 2.75) is 18.7 Å². The Morgan fingerprint density at radius 1 is 0.970 bits per heavy atom. The lowest BCUT2D eigenvalue weighted by Crippen LogP contribution is -2.49. The molecule has 0 spiro atoms. The summed E-state index contributed by atoms with van der Waals surface area (Å²) in [4.78, 5) is 21.2. The first-order valence-corrected chi connectivity index (χ1v) is 12.5. The van der Waals surface area contributed by atoms with Crippen molar-refractivity contribution < 1.29 is 13.2 Å². The summed E-state index contributed by atoms with van der Waals surface area (Å²) in [6.07, 6.45) is 1.61. The van der Waals surface area contributed by atoms with Crippen molar-refractivity contribution in [3.8, 4) is 0 Å². The number of hydrogen-bond acceptors (Lipinski definition) is 5. The lowest BCUT2D eigenvalue weighted by Gasteiger charge is -2.35. The Morgan fingerprint density at radius 3 is 2.30 bits per heavy atom. The van der Waals surface area contributed by atoms with Gasteiger partial charge < -0.3 is 9.80 Å². The Morgan fingerprint density at radius 2 is 1.67 bits per heavy atom. The maximum absolute atomic E-state index is 12.9. The minimum Gasteiger partial charge on any atom is -0.353 e. The van der Waals surface area contributed by atoms with Crippen LogP contribution in [0.3, 0.4) is 0 Å². The van der Waals surface area contributed by atoms with Crippen LogP contribution in [0.15, 0.2) is 65.7 Å². The Balaban J connectivity index is 1.41. The summed E-state index contributed by atoms with van der Waals surface area (Å²) in [6, 6.07) is 15.2. The van der Waals surface area contributed by atoms with Gasteiger partial charge in [-0.2, -0.15) is 0 Å². The van der Waals surface area contributed by atoms with E-state index in [0.29, 0.717) is 42.5 Å². The van der Waals surface area contributed by atoms with E-state index in [4.69, 9.17) is 11.6 Å². The van der Waals surface area contributed by atoms with Crippen molar-refractivity contribution in [2.75, 3.05) is 35.8 Å². The molecule has 0 saturated carbocycles. The number of nitrogens with one attached hydrogen (secondary N) is 1. The monoisotopic (exact) mass is 484 g/mol. The largest absolute Gasteiger partial charge is 0.353 e. The fourth-order valence-corrected chi connectivity index (χ4v) is 4.95. The summed E-state index contributed by atoms with van der Waals surface area (Å²) in [5.74, 6) is 0.711. The fraction of sp³-hybridized carbons (Fsp3) is 0.250. The second-order valence-corrected chi connectivity index (χ2v) is 10.1. The van der Waals surface area contributed by atoms with Gasteiger partial charge in [0.15, 0.2) is 0 Å². The van der Waals surface area contributed by atoms with Crippen LogP contribution in [0, 0.1) is 13.8 Å². The van der Waals surface area contributed by atoms with Crippen LogP contribution in [0.2, 0.25) is 5.02 Å². The van der Waals surface area contributed by atoms with E-state index in [1.807, 2.05) is 32.0 Å². The molecule has 1 saturated heterocycles. The number of pyridine rings is 1. The Kier molecular flexibility index (Phi) is 6.58. The summed E-state index contributed by atoms with van der Waals surface area (Å²) < 4.78 is 28.3. The van der Waals surface area contributed by atoms with Crippen LogP contribution in [0.1, 0.15) is 21.5 Å². The summed E-state index contributed by atoms with van der Waals surface area (Å²) in [5.41, 5.74) is 2.88. The van der Waals surface area contributed by atoms with Crippen molar-refractivity contribution >= 4 is 39.0 Å². The predicted octanol–water partition coefficient (Wildman–Crippen LogP) is 4.12. The third kappa shape index (κ3) is 5.12. The quantitative estimate of drug-likeness (QED) is 0.589. The molecule has 0 bridgehead atoms. The van der Waals surface area contributed by atoms with Crippen LogP contribution in [-0.2, 0) is 10.0 Å².